The van der Waals surface area contributed by atoms with Gasteiger partial charge in [-0.3, -0.25) is 0 Å². The van der Waals surface area contributed by atoms with Gasteiger partial charge in [-0.1, -0.05) is 135 Å². The first-order valence-electron chi connectivity index (χ1n) is 16.2. The van der Waals surface area contributed by atoms with Gasteiger partial charge in [-0.2, -0.15) is 0 Å². The number of nitrogens with zero attached hydrogens (tertiary/aromatic N) is 1. The molecule has 0 aliphatic heterocycles. The van der Waals surface area contributed by atoms with Crippen LogP contribution in [0.5, 0.6) is 0 Å². The van der Waals surface area contributed by atoms with Crippen LogP contribution in [0.1, 0.15) is 25.0 Å². The second-order valence-electron chi connectivity index (χ2n) is 13.3. The third-order valence-corrected chi connectivity index (χ3v) is 10.5. The number of hydrogen-bond donors (Lipinski definition) is 0. The normalized spacial score (nSPS) is 13.6. The Morgan fingerprint density at radius 3 is 1.65 bits per heavy atom. The number of para-hydroxylation sites is 2. The molecule has 0 atom stereocenters. The summed E-state index contributed by atoms with van der Waals surface area (Å²) in [6, 6.07) is 56.2. The van der Waals surface area contributed by atoms with Crippen molar-refractivity contribution >= 4 is 54.1 Å². The molecule has 1 heteroatoms. The minimum Gasteiger partial charge on any atom is -0.309 e. The van der Waals surface area contributed by atoms with Gasteiger partial charge in [0.15, 0.2) is 0 Å². The first-order chi connectivity index (χ1) is 22.6. The maximum absolute atomic E-state index is 2.48. The molecule has 0 radical (unpaired) electrons. The topological polar surface area (TPSA) is 4.93 Å². The average molecular weight is 586 g/mol. The zero-order valence-corrected chi connectivity index (χ0v) is 25.9. The van der Waals surface area contributed by atoms with E-state index in [1.165, 1.54) is 93.2 Å². The molecule has 10 rings (SSSR count). The summed E-state index contributed by atoms with van der Waals surface area (Å²) < 4.78 is 2.48. The summed E-state index contributed by atoms with van der Waals surface area (Å²) in [5, 5.41) is 10.5. The molecule has 0 spiro atoms. The van der Waals surface area contributed by atoms with Crippen LogP contribution in [0.15, 0.2) is 152 Å². The van der Waals surface area contributed by atoms with E-state index in [0.717, 1.165) is 0 Å². The summed E-state index contributed by atoms with van der Waals surface area (Å²) in [5.74, 6) is 0. The van der Waals surface area contributed by atoms with Gasteiger partial charge in [0.05, 0.1) is 11.0 Å². The first kappa shape index (κ1) is 25.6. The summed E-state index contributed by atoms with van der Waals surface area (Å²) in [5.41, 5.74) is 11.6. The number of fused-ring (bicyclic) bond motifs is 13. The zero-order chi connectivity index (χ0) is 30.6. The molecule has 0 saturated heterocycles. The molecule has 46 heavy (non-hydrogen) atoms. The lowest BCUT2D eigenvalue weighted by Gasteiger charge is -2.24. The summed E-state index contributed by atoms with van der Waals surface area (Å²) in [4.78, 5) is 0. The lowest BCUT2D eigenvalue weighted by Crippen LogP contribution is -2.16. The average Bonchev–Trinajstić information content (AvgIpc) is 3.57. The van der Waals surface area contributed by atoms with Crippen LogP contribution in [0.4, 0.5) is 0 Å². The number of rotatable bonds is 2. The quantitative estimate of drug-likeness (QED) is 0.178. The predicted octanol–water partition coefficient (Wildman–Crippen LogP) is 12.2. The van der Waals surface area contributed by atoms with E-state index >= 15 is 0 Å². The molecule has 0 N–H and O–H groups in total. The Morgan fingerprint density at radius 1 is 0.413 bits per heavy atom. The molecule has 216 valence electrons. The molecule has 1 nitrogen and oxygen atoms in total. The van der Waals surface area contributed by atoms with E-state index < -0.39 is 0 Å². The van der Waals surface area contributed by atoms with E-state index in [4.69, 9.17) is 0 Å². The van der Waals surface area contributed by atoms with Crippen LogP contribution in [0, 0.1) is 0 Å². The van der Waals surface area contributed by atoms with Crippen LogP contribution >= 0.6 is 0 Å². The molecule has 9 aromatic rings. The van der Waals surface area contributed by atoms with Gasteiger partial charge in [-0.15, -0.1) is 0 Å². The Hall–Kier alpha value is -5.66. The van der Waals surface area contributed by atoms with Crippen molar-refractivity contribution in [2.24, 2.45) is 0 Å². The predicted molar refractivity (Wildman–Crippen MR) is 196 cm³/mol. The Bertz CT molecular complexity index is 2670. The Labute approximate surface area is 268 Å². The molecule has 0 bridgehead atoms. The van der Waals surface area contributed by atoms with E-state index in [1.807, 2.05) is 0 Å². The van der Waals surface area contributed by atoms with E-state index in [-0.39, 0.29) is 5.41 Å². The third-order valence-electron chi connectivity index (χ3n) is 10.5. The minimum atomic E-state index is -0.180. The van der Waals surface area contributed by atoms with Crippen LogP contribution in [-0.4, -0.2) is 4.57 Å². The highest BCUT2D eigenvalue weighted by molar-refractivity contribution is 6.25. The molecule has 1 aliphatic carbocycles. The highest BCUT2D eigenvalue weighted by Gasteiger charge is 2.38. The monoisotopic (exact) mass is 585 g/mol. The molecule has 1 heterocycles. The van der Waals surface area contributed by atoms with Crippen LogP contribution in [-0.2, 0) is 5.41 Å². The molecule has 1 aliphatic rings. The van der Waals surface area contributed by atoms with E-state index in [1.54, 1.807) is 0 Å². The van der Waals surface area contributed by atoms with Crippen LogP contribution in [0.25, 0.3) is 82.1 Å². The van der Waals surface area contributed by atoms with Gasteiger partial charge in [0.1, 0.15) is 0 Å². The molecule has 1 aromatic heterocycles. The third kappa shape index (κ3) is 3.35. The fourth-order valence-corrected chi connectivity index (χ4v) is 8.46. The largest absolute Gasteiger partial charge is 0.309 e. The summed E-state index contributed by atoms with van der Waals surface area (Å²) in [6.07, 6.45) is 0. The second-order valence-corrected chi connectivity index (χ2v) is 13.3. The summed E-state index contributed by atoms with van der Waals surface area (Å²) in [6.45, 7) is 4.82. The van der Waals surface area contributed by atoms with Gasteiger partial charge in [0.25, 0.3) is 0 Å². The van der Waals surface area contributed by atoms with Crippen molar-refractivity contribution < 1.29 is 0 Å². The molecule has 0 fully saturated rings. The van der Waals surface area contributed by atoms with Crippen LogP contribution in [0.2, 0.25) is 0 Å². The zero-order valence-electron chi connectivity index (χ0n) is 25.9. The maximum atomic E-state index is 2.48. The van der Waals surface area contributed by atoms with Crippen molar-refractivity contribution in [3.63, 3.8) is 0 Å². The molecular formula is C45H31N. The molecule has 0 amide bonds. The first-order valence-corrected chi connectivity index (χ1v) is 16.2. The second kappa shape index (κ2) is 9.19. The van der Waals surface area contributed by atoms with Crippen LogP contribution in [0.3, 0.4) is 0 Å². The van der Waals surface area contributed by atoms with Crippen LogP contribution < -0.4 is 0 Å². The number of aromatic nitrogens is 1. The molecular weight excluding hydrogens is 555 g/mol. The molecule has 0 saturated carbocycles. The molecule has 8 aromatic carbocycles. The Balaban J connectivity index is 1.20. The van der Waals surface area contributed by atoms with Crippen molar-refractivity contribution in [1.82, 2.24) is 4.57 Å². The smallest absolute Gasteiger partial charge is 0.0588 e. The van der Waals surface area contributed by atoms with Crippen molar-refractivity contribution in [2.45, 2.75) is 19.3 Å². The fraction of sp³-hybridized carbons (Fsp3) is 0.0667. The summed E-state index contributed by atoms with van der Waals surface area (Å²) in [7, 11) is 0. The summed E-state index contributed by atoms with van der Waals surface area (Å²) >= 11 is 0. The number of hydrogen-bond acceptors (Lipinski definition) is 0. The lowest BCUT2D eigenvalue weighted by atomic mass is 9.80. The Morgan fingerprint density at radius 2 is 0.935 bits per heavy atom. The Kier molecular flexibility index (Phi) is 5.12. The highest BCUT2D eigenvalue weighted by atomic mass is 15.0. The van der Waals surface area contributed by atoms with E-state index in [2.05, 4.69) is 170 Å². The van der Waals surface area contributed by atoms with Gasteiger partial charge < -0.3 is 4.57 Å². The van der Waals surface area contributed by atoms with E-state index in [0.29, 0.717) is 0 Å². The number of benzene rings is 8. The minimum absolute atomic E-state index is 0.180. The SMILES string of the molecule is CC1(C)c2cc(-c3ccc4c5ccccc5c5ccccc5c4c3)ccc2-c2ccc3c4ccccc4n(-c4ccccc4)c3c21. The lowest BCUT2D eigenvalue weighted by molar-refractivity contribution is 0.664. The van der Waals surface area contributed by atoms with Gasteiger partial charge in [0, 0.05) is 21.9 Å². The van der Waals surface area contributed by atoms with Gasteiger partial charge >= 0.3 is 0 Å². The standard InChI is InChI=1S/C45H31N/c1-45(2)41-27-29(28-20-22-35-33-16-7-6-14-31(33)32-15-8-9-17-34(32)40(35)26-28)21-23-36(41)38-24-25-39-37-18-10-11-19-42(37)46(44(39)43(38)45)30-12-4-3-5-13-30/h3-27H,1-2H3. The molecule has 0 unspecified atom stereocenters. The van der Waals surface area contributed by atoms with Gasteiger partial charge in [-0.25, -0.2) is 0 Å². The van der Waals surface area contributed by atoms with Gasteiger partial charge in [0.2, 0.25) is 0 Å². The van der Waals surface area contributed by atoms with Crippen molar-refractivity contribution in [3.05, 3.63) is 163 Å². The van der Waals surface area contributed by atoms with E-state index in [9.17, 15) is 0 Å². The maximum Gasteiger partial charge on any atom is 0.0588 e. The fourth-order valence-electron chi connectivity index (χ4n) is 8.46. The highest BCUT2D eigenvalue weighted by Crippen LogP contribution is 2.54. The van der Waals surface area contributed by atoms with Gasteiger partial charge in [-0.05, 0) is 96.0 Å². The van der Waals surface area contributed by atoms with Crippen molar-refractivity contribution in [1.29, 1.82) is 0 Å². The van der Waals surface area contributed by atoms with Crippen molar-refractivity contribution in [3.8, 4) is 27.9 Å². The van der Waals surface area contributed by atoms with Crippen molar-refractivity contribution in [2.75, 3.05) is 0 Å².